The fraction of sp³-hybridized carbons (Fsp3) is 0.529. The van der Waals surface area contributed by atoms with Gasteiger partial charge in [-0.15, -0.1) is 11.8 Å². The summed E-state index contributed by atoms with van der Waals surface area (Å²) in [6.07, 6.45) is 0. The number of benzene rings is 1. The first-order valence-electron chi connectivity index (χ1n) is 7.62. The predicted octanol–water partition coefficient (Wildman–Crippen LogP) is 2.56. The Hall–Kier alpha value is -1.49. The van der Waals surface area contributed by atoms with E-state index in [1.165, 1.54) is 16.0 Å². The molecule has 5 heteroatoms. The maximum atomic E-state index is 12.1. The lowest BCUT2D eigenvalue weighted by atomic mass is 10.2. The van der Waals surface area contributed by atoms with Crippen molar-refractivity contribution < 1.29 is 9.59 Å². The number of hydrogen-bond acceptors (Lipinski definition) is 3. The van der Waals surface area contributed by atoms with Crippen molar-refractivity contribution in [2.45, 2.75) is 26.5 Å². The summed E-state index contributed by atoms with van der Waals surface area (Å²) in [7, 11) is 1.69. The van der Waals surface area contributed by atoms with Gasteiger partial charge < -0.3 is 9.80 Å². The van der Waals surface area contributed by atoms with E-state index >= 15 is 0 Å². The third-order valence-electron chi connectivity index (χ3n) is 3.49. The summed E-state index contributed by atoms with van der Waals surface area (Å²) in [6.45, 7) is 7.47. The van der Waals surface area contributed by atoms with Gasteiger partial charge in [0.2, 0.25) is 11.8 Å². The average Bonchev–Trinajstić information content (AvgIpc) is 2.48. The predicted molar refractivity (Wildman–Crippen MR) is 92.9 cm³/mol. The summed E-state index contributed by atoms with van der Waals surface area (Å²) in [4.78, 5) is 27.3. The Bertz CT molecular complexity index is 501. The quantitative estimate of drug-likeness (QED) is 0.738. The lowest BCUT2D eigenvalue weighted by molar-refractivity contribution is -0.137. The van der Waals surface area contributed by atoms with Gasteiger partial charge in [0.15, 0.2) is 0 Å². The highest BCUT2D eigenvalue weighted by atomic mass is 32.2. The minimum absolute atomic E-state index is 0.00170. The van der Waals surface area contributed by atoms with Crippen LogP contribution in [0.15, 0.2) is 24.3 Å². The van der Waals surface area contributed by atoms with Crippen molar-refractivity contribution in [3.05, 3.63) is 35.4 Å². The van der Waals surface area contributed by atoms with Crippen LogP contribution >= 0.6 is 11.8 Å². The molecule has 4 nitrogen and oxygen atoms in total. The fourth-order valence-corrected chi connectivity index (χ4v) is 3.05. The molecule has 0 atom stereocenters. The van der Waals surface area contributed by atoms with Gasteiger partial charge in [-0.05, 0) is 26.3 Å². The van der Waals surface area contributed by atoms with E-state index in [-0.39, 0.29) is 18.4 Å². The molecular weight excluding hydrogens is 296 g/mol. The molecule has 0 aliphatic carbocycles. The molecule has 22 heavy (non-hydrogen) atoms. The van der Waals surface area contributed by atoms with Crippen LogP contribution in [0.1, 0.15) is 25.0 Å². The first-order chi connectivity index (χ1) is 10.5. The first kappa shape index (κ1) is 18.6. The molecule has 0 spiro atoms. The van der Waals surface area contributed by atoms with Gasteiger partial charge in [-0.25, -0.2) is 0 Å². The molecule has 0 aromatic heterocycles. The number of thioether (sulfide) groups is 1. The number of hydrogen-bond donors (Lipinski definition) is 0. The molecule has 0 N–H and O–H groups in total. The molecule has 0 saturated carbocycles. The van der Waals surface area contributed by atoms with Crippen LogP contribution in [-0.2, 0) is 15.3 Å². The highest BCUT2D eigenvalue weighted by Crippen LogP contribution is 2.14. The summed E-state index contributed by atoms with van der Waals surface area (Å²) in [6, 6.07) is 8.29. The zero-order chi connectivity index (χ0) is 16.5. The van der Waals surface area contributed by atoms with Gasteiger partial charge in [-0.3, -0.25) is 9.59 Å². The molecule has 0 saturated heterocycles. The Labute approximate surface area is 137 Å². The second-order valence-corrected chi connectivity index (χ2v) is 6.28. The molecule has 0 bridgehead atoms. The van der Waals surface area contributed by atoms with Gasteiger partial charge >= 0.3 is 0 Å². The number of likely N-dealkylation sites (N-methyl/N-ethyl adjacent to an activating group) is 2. The van der Waals surface area contributed by atoms with Gasteiger partial charge in [0.1, 0.15) is 0 Å². The Balaban J connectivity index is 2.36. The second-order valence-electron chi connectivity index (χ2n) is 5.30. The Morgan fingerprint density at radius 1 is 1.14 bits per heavy atom. The molecular formula is C17H26N2O2S. The maximum absolute atomic E-state index is 12.1. The number of aryl methyl sites for hydroxylation is 1. The fourth-order valence-electron chi connectivity index (χ4n) is 2.14. The van der Waals surface area contributed by atoms with Crippen LogP contribution in [0, 0.1) is 6.92 Å². The van der Waals surface area contributed by atoms with E-state index in [2.05, 4.69) is 25.1 Å². The van der Waals surface area contributed by atoms with E-state index in [0.29, 0.717) is 18.8 Å². The molecule has 0 heterocycles. The van der Waals surface area contributed by atoms with E-state index in [1.807, 2.05) is 19.9 Å². The van der Waals surface area contributed by atoms with Crippen molar-refractivity contribution in [2.24, 2.45) is 0 Å². The van der Waals surface area contributed by atoms with Crippen molar-refractivity contribution in [1.29, 1.82) is 0 Å². The minimum Gasteiger partial charge on any atom is -0.342 e. The summed E-state index contributed by atoms with van der Waals surface area (Å²) < 4.78 is 0. The Morgan fingerprint density at radius 2 is 1.82 bits per heavy atom. The van der Waals surface area contributed by atoms with Crippen LogP contribution < -0.4 is 0 Å². The van der Waals surface area contributed by atoms with E-state index < -0.39 is 0 Å². The lowest BCUT2D eigenvalue weighted by Gasteiger charge is -2.23. The van der Waals surface area contributed by atoms with Gasteiger partial charge in [0.25, 0.3) is 0 Å². The SMILES string of the molecule is CCN(CC)C(=O)CN(C)C(=O)CSCc1cccc(C)c1. The molecule has 0 radical (unpaired) electrons. The average molecular weight is 322 g/mol. The molecule has 1 rings (SSSR count). The third kappa shape index (κ3) is 6.10. The van der Waals surface area contributed by atoms with Crippen molar-refractivity contribution >= 4 is 23.6 Å². The van der Waals surface area contributed by atoms with Crippen LogP contribution in [0.25, 0.3) is 0 Å². The van der Waals surface area contributed by atoms with E-state index in [4.69, 9.17) is 0 Å². The maximum Gasteiger partial charge on any atom is 0.242 e. The van der Waals surface area contributed by atoms with Crippen LogP contribution in [0.3, 0.4) is 0 Å². The highest BCUT2D eigenvalue weighted by molar-refractivity contribution is 7.99. The number of rotatable bonds is 8. The molecule has 2 amide bonds. The van der Waals surface area contributed by atoms with E-state index in [9.17, 15) is 9.59 Å². The molecule has 0 fully saturated rings. The Kier molecular flexibility index (Phi) is 8.02. The minimum atomic E-state index is -0.00170. The van der Waals surface area contributed by atoms with Gasteiger partial charge in [0.05, 0.1) is 12.3 Å². The number of carbonyl (C=O) groups excluding carboxylic acids is 2. The van der Waals surface area contributed by atoms with Crippen molar-refractivity contribution in [3.63, 3.8) is 0 Å². The van der Waals surface area contributed by atoms with Crippen LogP contribution in [0.2, 0.25) is 0 Å². The smallest absolute Gasteiger partial charge is 0.242 e. The van der Waals surface area contributed by atoms with Crippen molar-refractivity contribution in [3.8, 4) is 0 Å². The Morgan fingerprint density at radius 3 is 2.41 bits per heavy atom. The normalized spacial score (nSPS) is 10.4. The largest absolute Gasteiger partial charge is 0.342 e. The van der Waals surface area contributed by atoms with Crippen molar-refractivity contribution in [2.75, 3.05) is 32.4 Å². The standard InChI is InChI=1S/C17H26N2O2S/c1-5-19(6-2)16(20)11-18(4)17(21)13-22-12-15-9-7-8-14(3)10-15/h7-10H,5-6,11-13H2,1-4H3. The van der Waals surface area contributed by atoms with Crippen LogP contribution in [0.5, 0.6) is 0 Å². The van der Waals surface area contributed by atoms with E-state index in [0.717, 1.165) is 5.75 Å². The molecule has 0 aliphatic heterocycles. The summed E-state index contributed by atoms with van der Waals surface area (Å²) in [5.41, 5.74) is 2.45. The van der Waals surface area contributed by atoms with Gasteiger partial charge in [-0.2, -0.15) is 0 Å². The molecule has 1 aromatic carbocycles. The number of amides is 2. The summed E-state index contributed by atoms with van der Waals surface area (Å²) >= 11 is 1.58. The third-order valence-corrected chi connectivity index (χ3v) is 4.48. The van der Waals surface area contributed by atoms with E-state index in [1.54, 1.807) is 23.7 Å². The van der Waals surface area contributed by atoms with Gasteiger partial charge in [0, 0.05) is 25.9 Å². The molecule has 0 aliphatic rings. The summed E-state index contributed by atoms with van der Waals surface area (Å²) in [5.74, 6) is 1.21. The van der Waals surface area contributed by atoms with Crippen LogP contribution in [0.4, 0.5) is 0 Å². The zero-order valence-electron chi connectivity index (χ0n) is 14.0. The van der Waals surface area contributed by atoms with Crippen LogP contribution in [-0.4, -0.2) is 54.0 Å². The number of carbonyl (C=O) groups is 2. The topological polar surface area (TPSA) is 40.6 Å². The zero-order valence-corrected chi connectivity index (χ0v) is 14.8. The summed E-state index contributed by atoms with van der Waals surface area (Å²) in [5, 5.41) is 0. The highest BCUT2D eigenvalue weighted by Gasteiger charge is 2.16. The lowest BCUT2D eigenvalue weighted by Crippen LogP contribution is -2.41. The van der Waals surface area contributed by atoms with Gasteiger partial charge in [-0.1, -0.05) is 29.8 Å². The second kappa shape index (κ2) is 9.51. The monoisotopic (exact) mass is 322 g/mol. The molecule has 0 unspecified atom stereocenters. The van der Waals surface area contributed by atoms with Crippen molar-refractivity contribution in [1.82, 2.24) is 9.80 Å². The first-order valence-corrected chi connectivity index (χ1v) is 8.78. The number of nitrogens with zero attached hydrogens (tertiary/aromatic N) is 2. The molecule has 1 aromatic rings. The molecule has 122 valence electrons.